The molecule has 0 bridgehead atoms. The summed E-state index contributed by atoms with van der Waals surface area (Å²) in [7, 11) is 7.38. The minimum absolute atomic E-state index is 0.194. The van der Waals surface area contributed by atoms with E-state index in [1.807, 2.05) is 50.4 Å². The fourth-order valence-corrected chi connectivity index (χ4v) is 3.81. The number of hydrogen-bond donors (Lipinski definition) is 3. The minimum Gasteiger partial charge on any atom is -0.369 e. The number of amides is 2. The van der Waals surface area contributed by atoms with Crippen LogP contribution in [-0.2, 0) is 16.6 Å². The highest BCUT2D eigenvalue weighted by atomic mass is 16.2. The van der Waals surface area contributed by atoms with Crippen molar-refractivity contribution in [1.82, 2.24) is 34.9 Å². The number of nitrogens with zero attached hydrogens (tertiary/aromatic N) is 6. The molecule has 0 fully saturated rings. The number of aryl methyl sites for hydroxylation is 1. The average molecular weight is 560 g/mol. The van der Waals surface area contributed by atoms with E-state index in [-0.39, 0.29) is 11.8 Å². The second kappa shape index (κ2) is 15.4. The standard InChI is InChI=1S/C30H41N9O2/c1-7-16-31-28-23(20-33-30(35-28)34-25-14-15-26-24(19-25)21-38(5)36-26)12-9-8-10-17-32-29(41)22(2)39(6)27(40)13-11-18-37(3)4/h11,13-15,19-22H,7-8,10,16-18H2,1-6H3,(H,32,41)(H2,31,33,34,35)/b13-11+/t22-/m0/s1. The van der Waals surface area contributed by atoms with Crippen molar-refractivity contribution in [3.63, 3.8) is 0 Å². The molecule has 0 unspecified atom stereocenters. The molecule has 2 amide bonds. The zero-order valence-electron chi connectivity index (χ0n) is 24.9. The van der Waals surface area contributed by atoms with Crippen molar-refractivity contribution in [2.45, 2.75) is 39.2 Å². The maximum Gasteiger partial charge on any atom is 0.246 e. The smallest absolute Gasteiger partial charge is 0.246 e. The molecule has 0 saturated carbocycles. The second-order valence-corrected chi connectivity index (χ2v) is 10.1. The summed E-state index contributed by atoms with van der Waals surface area (Å²) in [6.45, 7) is 5.70. The van der Waals surface area contributed by atoms with Crippen LogP contribution in [0.4, 0.5) is 17.5 Å². The van der Waals surface area contributed by atoms with Crippen LogP contribution >= 0.6 is 0 Å². The molecule has 3 aromatic rings. The molecular weight excluding hydrogens is 518 g/mol. The van der Waals surface area contributed by atoms with E-state index in [1.54, 1.807) is 30.9 Å². The van der Waals surface area contributed by atoms with Gasteiger partial charge in [0.15, 0.2) is 0 Å². The van der Waals surface area contributed by atoms with E-state index >= 15 is 0 Å². The van der Waals surface area contributed by atoms with E-state index in [1.165, 1.54) is 11.0 Å². The number of hydrogen-bond acceptors (Lipinski definition) is 8. The van der Waals surface area contributed by atoms with Crippen molar-refractivity contribution in [3.05, 3.63) is 48.3 Å². The predicted octanol–water partition coefficient (Wildman–Crippen LogP) is 3.14. The van der Waals surface area contributed by atoms with Gasteiger partial charge in [-0.3, -0.25) is 14.3 Å². The Labute approximate surface area is 242 Å². The van der Waals surface area contributed by atoms with Crippen LogP contribution in [0.3, 0.4) is 0 Å². The Morgan fingerprint density at radius 3 is 2.76 bits per heavy atom. The number of anilines is 3. The van der Waals surface area contributed by atoms with Crippen molar-refractivity contribution < 1.29 is 9.59 Å². The van der Waals surface area contributed by atoms with Crippen LogP contribution in [0, 0.1) is 11.8 Å². The van der Waals surface area contributed by atoms with E-state index in [4.69, 9.17) is 0 Å². The molecule has 2 heterocycles. The molecule has 0 saturated heterocycles. The van der Waals surface area contributed by atoms with Crippen molar-refractivity contribution in [1.29, 1.82) is 0 Å². The summed E-state index contributed by atoms with van der Waals surface area (Å²) < 4.78 is 1.79. The first kappa shape index (κ1) is 31.1. The highest BCUT2D eigenvalue weighted by Gasteiger charge is 2.20. The third-order valence-corrected chi connectivity index (χ3v) is 6.25. The highest BCUT2D eigenvalue weighted by molar-refractivity contribution is 5.92. The Kier molecular flexibility index (Phi) is 11.7. The first-order valence-corrected chi connectivity index (χ1v) is 13.8. The number of benzene rings is 1. The molecule has 3 N–H and O–H groups in total. The van der Waals surface area contributed by atoms with Crippen molar-refractivity contribution in [2.75, 3.05) is 51.4 Å². The lowest BCUT2D eigenvalue weighted by molar-refractivity contribution is -0.135. The molecule has 1 aromatic carbocycles. The summed E-state index contributed by atoms with van der Waals surface area (Å²) in [5.74, 6) is 7.07. The molecule has 41 heavy (non-hydrogen) atoms. The monoisotopic (exact) mass is 559 g/mol. The number of rotatable bonds is 13. The van der Waals surface area contributed by atoms with Gasteiger partial charge in [0.25, 0.3) is 0 Å². The summed E-state index contributed by atoms with van der Waals surface area (Å²) >= 11 is 0. The minimum atomic E-state index is -0.569. The fourth-order valence-electron chi connectivity index (χ4n) is 3.81. The third-order valence-electron chi connectivity index (χ3n) is 6.25. The van der Waals surface area contributed by atoms with E-state index in [2.05, 4.69) is 49.8 Å². The number of nitrogens with one attached hydrogen (secondary N) is 3. The Morgan fingerprint density at radius 1 is 1.20 bits per heavy atom. The average Bonchev–Trinajstić information content (AvgIpc) is 3.32. The SMILES string of the molecule is CCCNc1nc(Nc2ccc3nn(C)cc3c2)ncc1C#CCCCNC(=O)[C@H](C)N(C)C(=O)/C=C/CN(C)C. The van der Waals surface area contributed by atoms with Crippen LogP contribution in [0.2, 0.25) is 0 Å². The van der Waals surface area contributed by atoms with E-state index < -0.39 is 6.04 Å². The van der Waals surface area contributed by atoms with Crippen LogP contribution in [0.5, 0.6) is 0 Å². The van der Waals surface area contributed by atoms with Gasteiger partial charge in [-0.15, -0.1) is 0 Å². The van der Waals surface area contributed by atoms with Gasteiger partial charge in [-0.2, -0.15) is 10.1 Å². The molecule has 0 aliphatic carbocycles. The third kappa shape index (κ3) is 9.61. The largest absolute Gasteiger partial charge is 0.369 e. The first-order chi connectivity index (χ1) is 19.7. The quantitative estimate of drug-likeness (QED) is 0.166. The van der Waals surface area contributed by atoms with Crippen LogP contribution in [0.25, 0.3) is 10.9 Å². The topological polar surface area (TPSA) is 120 Å². The number of carbonyl (C=O) groups is 2. The Balaban J connectivity index is 1.52. The van der Waals surface area contributed by atoms with Crippen LogP contribution in [-0.4, -0.2) is 88.2 Å². The summed E-state index contributed by atoms with van der Waals surface area (Å²) in [6, 6.07) is 5.35. The van der Waals surface area contributed by atoms with Gasteiger partial charge in [-0.1, -0.05) is 24.8 Å². The normalized spacial score (nSPS) is 11.8. The van der Waals surface area contributed by atoms with Gasteiger partial charge in [0, 0.05) is 63.5 Å². The molecular formula is C30H41N9O2. The number of carbonyl (C=O) groups excluding carboxylic acids is 2. The van der Waals surface area contributed by atoms with Gasteiger partial charge in [0.2, 0.25) is 17.8 Å². The van der Waals surface area contributed by atoms with E-state index in [9.17, 15) is 9.59 Å². The molecule has 0 aliphatic rings. The lowest BCUT2D eigenvalue weighted by atomic mass is 10.2. The lowest BCUT2D eigenvalue weighted by Gasteiger charge is -2.23. The lowest BCUT2D eigenvalue weighted by Crippen LogP contribution is -2.45. The van der Waals surface area contributed by atoms with Gasteiger partial charge < -0.3 is 25.8 Å². The maximum absolute atomic E-state index is 12.5. The summed E-state index contributed by atoms with van der Waals surface area (Å²) in [4.78, 5) is 37.3. The van der Waals surface area contributed by atoms with Crippen LogP contribution < -0.4 is 16.0 Å². The van der Waals surface area contributed by atoms with Crippen LogP contribution in [0.1, 0.15) is 38.7 Å². The van der Waals surface area contributed by atoms with Gasteiger partial charge in [-0.05, 0) is 52.1 Å². The summed E-state index contributed by atoms with van der Waals surface area (Å²) in [5, 5.41) is 14.9. The molecule has 218 valence electrons. The molecule has 0 aliphatic heterocycles. The summed E-state index contributed by atoms with van der Waals surface area (Å²) in [6.07, 6.45) is 9.18. The van der Waals surface area contributed by atoms with Crippen molar-refractivity contribution in [2.24, 2.45) is 7.05 Å². The van der Waals surface area contributed by atoms with Gasteiger partial charge in [-0.25, -0.2) is 4.98 Å². The van der Waals surface area contributed by atoms with Crippen molar-refractivity contribution >= 4 is 40.2 Å². The van der Waals surface area contributed by atoms with Gasteiger partial charge in [0.05, 0.1) is 17.3 Å². The molecule has 2 aromatic heterocycles. The molecule has 0 spiro atoms. The summed E-state index contributed by atoms with van der Waals surface area (Å²) in [5.41, 5.74) is 2.51. The molecule has 1 atom stereocenters. The number of aromatic nitrogens is 4. The molecule has 0 radical (unpaired) electrons. The number of unbranched alkanes of at least 4 members (excludes halogenated alkanes) is 1. The fraction of sp³-hybridized carbons (Fsp3) is 0.433. The molecule has 3 rings (SSSR count). The predicted molar refractivity (Wildman–Crippen MR) is 164 cm³/mol. The number of likely N-dealkylation sites (N-methyl/N-ethyl adjacent to an activating group) is 2. The molecule has 11 nitrogen and oxygen atoms in total. The maximum atomic E-state index is 12.5. The van der Waals surface area contributed by atoms with Crippen LogP contribution in [0.15, 0.2) is 42.7 Å². The van der Waals surface area contributed by atoms with Crippen molar-refractivity contribution in [3.8, 4) is 11.8 Å². The van der Waals surface area contributed by atoms with E-state index in [0.29, 0.717) is 43.3 Å². The zero-order chi connectivity index (χ0) is 29.8. The zero-order valence-corrected chi connectivity index (χ0v) is 24.9. The van der Waals surface area contributed by atoms with Gasteiger partial charge >= 0.3 is 0 Å². The second-order valence-electron chi connectivity index (χ2n) is 10.1. The first-order valence-electron chi connectivity index (χ1n) is 13.8. The Morgan fingerprint density at radius 2 is 2.00 bits per heavy atom. The highest BCUT2D eigenvalue weighted by Crippen LogP contribution is 2.21. The molecule has 11 heteroatoms. The Bertz CT molecular complexity index is 1420. The van der Waals surface area contributed by atoms with Gasteiger partial charge in [0.1, 0.15) is 11.9 Å². The number of fused-ring (bicyclic) bond motifs is 1. The Hall–Kier alpha value is -4.43. The van der Waals surface area contributed by atoms with E-state index in [0.717, 1.165) is 29.6 Å².